The molecule has 7 heteroatoms. The number of methoxy groups -OCH3 is 1. The summed E-state index contributed by atoms with van der Waals surface area (Å²) in [4.78, 5) is 33.6. The average Bonchev–Trinajstić information content (AvgIpc) is 2.98. The Morgan fingerprint density at radius 2 is 2.25 bits per heavy atom. The number of carbonyl (C=O) groups excluding carboxylic acids is 2. The number of anilines is 1. The molecule has 6 nitrogen and oxygen atoms in total. The first-order valence-electron chi connectivity index (χ1n) is 7.94. The number of aromatic nitrogens is 2. The van der Waals surface area contributed by atoms with E-state index in [1.165, 1.54) is 41.9 Å². The number of rotatable bonds is 4. The Kier molecular flexibility index (Phi) is 4.89. The molecule has 2 aromatic rings. The van der Waals surface area contributed by atoms with Crippen LogP contribution in [0.5, 0.6) is 0 Å². The molecule has 3 rings (SSSR count). The molecule has 0 unspecified atom stereocenters. The molecule has 2 aromatic heterocycles. The van der Waals surface area contributed by atoms with Crippen LogP contribution < -0.4 is 5.32 Å². The SMILES string of the molecule is CC[C@@H]1CCc2c(sc(NC(=O)c3cnccn3)c2C(=O)OC)C1. The Balaban J connectivity index is 1.94. The highest BCUT2D eigenvalue weighted by Gasteiger charge is 2.29. The number of carbonyl (C=O) groups is 2. The molecule has 0 bridgehead atoms. The standard InChI is InChI=1S/C17H19N3O3S/c1-3-10-4-5-11-13(8-10)24-16(14(11)17(22)23-2)20-15(21)12-9-18-6-7-19-12/h6-7,9-10H,3-5,8H2,1-2H3,(H,20,21)/t10-/m1/s1. The van der Waals surface area contributed by atoms with Gasteiger partial charge in [0.15, 0.2) is 0 Å². The van der Waals surface area contributed by atoms with Gasteiger partial charge in [-0.05, 0) is 30.7 Å². The van der Waals surface area contributed by atoms with E-state index in [-0.39, 0.29) is 11.6 Å². The van der Waals surface area contributed by atoms with Crippen LogP contribution in [0.3, 0.4) is 0 Å². The Labute approximate surface area is 144 Å². The molecule has 0 spiro atoms. The fraction of sp³-hybridized carbons (Fsp3) is 0.412. The molecule has 1 aliphatic rings. The van der Waals surface area contributed by atoms with E-state index in [2.05, 4.69) is 22.2 Å². The first-order valence-corrected chi connectivity index (χ1v) is 8.75. The molecule has 0 fully saturated rings. The van der Waals surface area contributed by atoms with Gasteiger partial charge in [-0.3, -0.25) is 9.78 Å². The number of amides is 1. The second kappa shape index (κ2) is 7.09. The molecule has 0 radical (unpaired) electrons. The zero-order valence-electron chi connectivity index (χ0n) is 13.7. The van der Waals surface area contributed by atoms with E-state index in [4.69, 9.17) is 4.74 Å². The fourth-order valence-electron chi connectivity index (χ4n) is 2.99. The number of hydrogen-bond donors (Lipinski definition) is 1. The van der Waals surface area contributed by atoms with E-state index in [1.54, 1.807) is 0 Å². The summed E-state index contributed by atoms with van der Waals surface area (Å²) in [6, 6.07) is 0. The Morgan fingerprint density at radius 1 is 1.42 bits per heavy atom. The molecule has 24 heavy (non-hydrogen) atoms. The third kappa shape index (κ3) is 3.17. The lowest BCUT2D eigenvalue weighted by atomic mass is 9.85. The number of ether oxygens (including phenoxy) is 1. The number of esters is 1. The average molecular weight is 345 g/mol. The number of fused-ring (bicyclic) bond motifs is 1. The van der Waals surface area contributed by atoms with Gasteiger partial charge in [-0.25, -0.2) is 9.78 Å². The molecular weight excluding hydrogens is 326 g/mol. The minimum Gasteiger partial charge on any atom is -0.465 e. The smallest absolute Gasteiger partial charge is 0.341 e. The monoisotopic (exact) mass is 345 g/mol. The maximum Gasteiger partial charge on any atom is 0.341 e. The van der Waals surface area contributed by atoms with Crippen molar-refractivity contribution in [2.24, 2.45) is 5.92 Å². The van der Waals surface area contributed by atoms with E-state index in [9.17, 15) is 9.59 Å². The van der Waals surface area contributed by atoms with Gasteiger partial charge in [0, 0.05) is 17.3 Å². The molecule has 126 valence electrons. The molecule has 0 aromatic carbocycles. The Hall–Kier alpha value is -2.28. The predicted molar refractivity (Wildman–Crippen MR) is 91.4 cm³/mol. The summed E-state index contributed by atoms with van der Waals surface area (Å²) in [6.45, 7) is 2.18. The topological polar surface area (TPSA) is 81.2 Å². The predicted octanol–water partition coefficient (Wildman–Crippen LogP) is 3.09. The van der Waals surface area contributed by atoms with Crippen molar-refractivity contribution in [1.82, 2.24) is 9.97 Å². The number of nitrogens with one attached hydrogen (secondary N) is 1. The van der Waals surface area contributed by atoms with Crippen molar-refractivity contribution in [3.63, 3.8) is 0 Å². The van der Waals surface area contributed by atoms with E-state index in [0.29, 0.717) is 16.5 Å². The van der Waals surface area contributed by atoms with Crippen LogP contribution in [0.4, 0.5) is 5.00 Å². The largest absolute Gasteiger partial charge is 0.465 e. The van der Waals surface area contributed by atoms with Crippen LogP contribution in [0.2, 0.25) is 0 Å². The van der Waals surface area contributed by atoms with Gasteiger partial charge in [0.05, 0.1) is 18.9 Å². The lowest BCUT2D eigenvalue weighted by Gasteiger charge is -2.20. The van der Waals surface area contributed by atoms with E-state index < -0.39 is 5.97 Å². The molecular formula is C17H19N3O3S. The van der Waals surface area contributed by atoms with Crippen LogP contribution in [0.1, 0.15) is 51.1 Å². The third-order valence-electron chi connectivity index (χ3n) is 4.36. The maximum atomic E-state index is 12.4. The summed E-state index contributed by atoms with van der Waals surface area (Å²) < 4.78 is 4.93. The third-order valence-corrected chi connectivity index (χ3v) is 5.53. The highest BCUT2D eigenvalue weighted by atomic mass is 32.1. The molecule has 1 aliphatic carbocycles. The second-order valence-corrected chi connectivity index (χ2v) is 6.87. The van der Waals surface area contributed by atoms with Gasteiger partial charge in [0.2, 0.25) is 0 Å². The van der Waals surface area contributed by atoms with Gasteiger partial charge in [0.25, 0.3) is 5.91 Å². The van der Waals surface area contributed by atoms with E-state index in [1.807, 2.05) is 0 Å². The van der Waals surface area contributed by atoms with Crippen molar-refractivity contribution in [2.75, 3.05) is 12.4 Å². The lowest BCUT2D eigenvalue weighted by molar-refractivity contribution is 0.0601. The molecule has 0 aliphatic heterocycles. The summed E-state index contributed by atoms with van der Waals surface area (Å²) in [7, 11) is 1.36. The van der Waals surface area contributed by atoms with Crippen LogP contribution in [0, 0.1) is 5.92 Å². The number of nitrogens with zero attached hydrogens (tertiary/aromatic N) is 2. The lowest BCUT2D eigenvalue weighted by Crippen LogP contribution is -2.17. The van der Waals surface area contributed by atoms with Crippen molar-refractivity contribution >= 4 is 28.2 Å². The zero-order valence-corrected chi connectivity index (χ0v) is 14.5. The minimum absolute atomic E-state index is 0.214. The van der Waals surface area contributed by atoms with Gasteiger partial charge in [-0.2, -0.15) is 0 Å². The van der Waals surface area contributed by atoms with Gasteiger partial charge in [-0.1, -0.05) is 13.3 Å². The van der Waals surface area contributed by atoms with Crippen molar-refractivity contribution in [3.05, 3.63) is 40.3 Å². The molecule has 1 amide bonds. The molecule has 1 atom stereocenters. The zero-order chi connectivity index (χ0) is 17.1. The fourth-order valence-corrected chi connectivity index (χ4v) is 4.34. The molecule has 0 saturated carbocycles. The summed E-state index contributed by atoms with van der Waals surface area (Å²) in [6.07, 6.45) is 8.33. The molecule has 1 N–H and O–H groups in total. The number of hydrogen-bond acceptors (Lipinski definition) is 6. The highest BCUT2D eigenvalue weighted by Crippen LogP contribution is 2.40. The van der Waals surface area contributed by atoms with Gasteiger partial charge >= 0.3 is 5.97 Å². The van der Waals surface area contributed by atoms with Gasteiger partial charge in [-0.15, -0.1) is 11.3 Å². The summed E-state index contributed by atoms with van der Waals surface area (Å²) >= 11 is 1.47. The van der Waals surface area contributed by atoms with Gasteiger partial charge in [0.1, 0.15) is 10.7 Å². The first-order chi connectivity index (χ1) is 11.6. The second-order valence-electron chi connectivity index (χ2n) is 5.76. The van der Waals surface area contributed by atoms with Crippen molar-refractivity contribution in [3.8, 4) is 0 Å². The van der Waals surface area contributed by atoms with Crippen LogP contribution in [-0.2, 0) is 17.6 Å². The van der Waals surface area contributed by atoms with Gasteiger partial charge < -0.3 is 10.1 Å². The van der Waals surface area contributed by atoms with Crippen LogP contribution in [0.25, 0.3) is 0 Å². The summed E-state index contributed by atoms with van der Waals surface area (Å²) in [5.74, 6) is -0.152. The van der Waals surface area contributed by atoms with E-state index >= 15 is 0 Å². The Morgan fingerprint density at radius 3 is 2.92 bits per heavy atom. The van der Waals surface area contributed by atoms with Crippen molar-refractivity contribution in [1.29, 1.82) is 0 Å². The van der Waals surface area contributed by atoms with Crippen LogP contribution in [-0.4, -0.2) is 29.0 Å². The van der Waals surface area contributed by atoms with E-state index in [0.717, 1.165) is 31.2 Å². The Bertz CT molecular complexity index is 758. The quantitative estimate of drug-likeness (QED) is 0.861. The van der Waals surface area contributed by atoms with Crippen molar-refractivity contribution < 1.29 is 14.3 Å². The highest BCUT2D eigenvalue weighted by molar-refractivity contribution is 7.17. The minimum atomic E-state index is -0.406. The number of thiophene rings is 1. The molecule has 0 saturated heterocycles. The summed E-state index contributed by atoms with van der Waals surface area (Å²) in [5.41, 5.74) is 1.72. The first kappa shape index (κ1) is 16.6. The maximum absolute atomic E-state index is 12.4. The summed E-state index contributed by atoms with van der Waals surface area (Å²) in [5, 5.41) is 3.35. The van der Waals surface area contributed by atoms with Crippen molar-refractivity contribution in [2.45, 2.75) is 32.6 Å². The van der Waals surface area contributed by atoms with Crippen LogP contribution >= 0.6 is 11.3 Å². The molecule has 2 heterocycles. The normalized spacial score (nSPS) is 16.3. The van der Waals surface area contributed by atoms with Crippen LogP contribution in [0.15, 0.2) is 18.6 Å².